The molecule has 0 unspecified atom stereocenters. The van der Waals surface area contributed by atoms with Crippen LogP contribution in [0.2, 0.25) is 0 Å². The van der Waals surface area contributed by atoms with Crippen LogP contribution in [0.3, 0.4) is 0 Å². The summed E-state index contributed by atoms with van der Waals surface area (Å²) < 4.78 is 50.2. The number of carbonyl (C=O) groups is 1. The van der Waals surface area contributed by atoms with Gasteiger partial charge in [0.25, 0.3) is 0 Å². The lowest BCUT2D eigenvalue weighted by Crippen LogP contribution is -2.08. The van der Waals surface area contributed by atoms with Gasteiger partial charge in [-0.05, 0) is 6.07 Å². The summed E-state index contributed by atoms with van der Waals surface area (Å²) in [5, 5.41) is 0. The van der Waals surface area contributed by atoms with Gasteiger partial charge in [0.05, 0.1) is 5.56 Å². The smallest absolute Gasteiger partial charge is 0.303 e. The number of alkyl halides is 3. The fourth-order valence-corrected chi connectivity index (χ4v) is 1.15. The van der Waals surface area contributed by atoms with Crippen molar-refractivity contribution < 1.29 is 22.4 Å². The zero-order chi connectivity index (χ0) is 12.2. The molecule has 0 atom stereocenters. The van der Waals surface area contributed by atoms with Gasteiger partial charge in [-0.1, -0.05) is 24.3 Å². The summed E-state index contributed by atoms with van der Waals surface area (Å²) in [6.07, 6.45) is -1.65. The second kappa shape index (κ2) is 4.92. The van der Waals surface area contributed by atoms with Crippen LogP contribution in [-0.4, -0.2) is 6.29 Å². The Morgan fingerprint density at radius 1 is 1.25 bits per heavy atom. The molecule has 0 aromatic heterocycles. The maximum Gasteiger partial charge on any atom is 0.419 e. The molecular formula is C11H8F4O. The standard InChI is InChI=1S/C11H8F4O/c12-10-8(4-1-2-7-16)5-3-6-9(10)11(13,14)15/h1,3-7H,2H2. The zero-order valence-electron chi connectivity index (χ0n) is 8.09. The first-order valence-electron chi connectivity index (χ1n) is 4.42. The Hall–Kier alpha value is -1.65. The molecule has 1 rings (SSSR count). The molecule has 0 aliphatic carbocycles. The van der Waals surface area contributed by atoms with Gasteiger partial charge in [0.1, 0.15) is 12.1 Å². The first kappa shape index (κ1) is 12.4. The molecule has 16 heavy (non-hydrogen) atoms. The molecule has 5 heteroatoms. The molecule has 0 heterocycles. The number of halogens is 4. The first-order chi connectivity index (χ1) is 7.46. The highest BCUT2D eigenvalue weighted by molar-refractivity contribution is 5.58. The molecule has 0 radical (unpaired) electrons. The number of allylic oxidation sites excluding steroid dienone is 1. The van der Waals surface area contributed by atoms with E-state index in [1.165, 1.54) is 12.1 Å². The minimum atomic E-state index is -4.71. The molecule has 0 N–H and O–H groups in total. The van der Waals surface area contributed by atoms with Crippen molar-refractivity contribution in [3.05, 3.63) is 41.2 Å². The molecule has 0 amide bonds. The molecule has 86 valence electrons. The van der Waals surface area contributed by atoms with E-state index in [4.69, 9.17) is 0 Å². The average molecular weight is 232 g/mol. The highest BCUT2D eigenvalue weighted by atomic mass is 19.4. The third kappa shape index (κ3) is 2.92. The van der Waals surface area contributed by atoms with Crippen molar-refractivity contribution in [1.29, 1.82) is 0 Å². The maximum atomic E-state index is 13.3. The van der Waals surface area contributed by atoms with Gasteiger partial charge in [-0.25, -0.2) is 4.39 Å². The fraction of sp³-hybridized carbons (Fsp3) is 0.182. The van der Waals surface area contributed by atoms with E-state index in [0.717, 1.165) is 12.1 Å². The Labute approximate surface area is 89.4 Å². The second-order valence-corrected chi connectivity index (χ2v) is 3.01. The summed E-state index contributed by atoms with van der Waals surface area (Å²) in [4.78, 5) is 9.98. The highest BCUT2D eigenvalue weighted by Gasteiger charge is 2.34. The number of carbonyl (C=O) groups excluding carboxylic acids is 1. The summed E-state index contributed by atoms with van der Waals surface area (Å²) in [5.41, 5.74) is -1.49. The summed E-state index contributed by atoms with van der Waals surface area (Å²) in [7, 11) is 0. The quantitative estimate of drug-likeness (QED) is 0.576. The first-order valence-corrected chi connectivity index (χ1v) is 4.42. The molecule has 0 saturated carbocycles. The predicted octanol–water partition coefficient (Wildman–Crippen LogP) is 3.45. The molecule has 0 aliphatic heterocycles. The predicted molar refractivity (Wildman–Crippen MR) is 51.1 cm³/mol. The lowest BCUT2D eigenvalue weighted by Gasteiger charge is -2.08. The minimum Gasteiger partial charge on any atom is -0.303 e. The maximum absolute atomic E-state index is 13.3. The van der Waals surface area contributed by atoms with Gasteiger partial charge in [-0.15, -0.1) is 0 Å². The van der Waals surface area contributed by atoms with Gasteiger partial charge in [0.15, 0.2) is 0 Å². The van der Waals surface area contributed by atoms with Crippen LogP contribution in [0.4, 0.5) is 17.6 Å². The third-order valence-corrected chi connectivity index (χ3v) is 1.86. The molecule has 0 saturated heterocycles. The number of rotatable bonds is 3. The Morgan fingerprint density at radius 3 is 2.50 bits per heavy atom. The monoisotopic (exact) mass is 232 g/mol. The van der Waals surface area contributed by atoms with E-state index in [-0.39, 0.29) is 12.0 Å². The second-order valence-electron chi connectivity index (χ2n) is 3.01. The molecule has 0 aliphatic rings. The summed E-state index contributed by atoms with van der Waals surface area (Å²) in [6.45, 7) is 0. The average Bonchev–Trinajstić information content (AvgIpc) is 2.19. The van der Waals surface area contributed by atoms with Crippen LogP contribution in [0.1, 0.15) is 17.5 Å². The third-order valence-electron chi connectivity index (χ3n) is 1.86. The number of aldehydes is 1. The molecule has 0 bridgehead atoms. The van der Waals surface area contributed by atoms with Crippen LogP contribution in [0.15, 0.2) is 24.3 Å². The van der Waals surface area contributed by atoms with Crippen molar-refractivity contribution in [2.75, 3.05) is 0 Å². The number of hydrogen-bond donors (Lipinski definition) is 0. The zero-order valence-corrected chi connectivity index (χ0v) is 8.09. The van der Waals surface area contributed by atoms with Gasteiger partial charge in [0, 0.05) is 12.0 Å². The lowest BCUT2D eigenvalue weighted by molar-refractivity contribution is -0.140. The van der Waals surface area contributed by atoms with Crippen LogP contribution >= 0.6 is 0 Å². The van der Waals surface area contributed by atoms with Gasteiger partial charge in [0.2, 0.25) is 0 Å². The van der Waals surface area contributed by atoms with Crippen LogP contribution in [0, 0.1) is 5.82 Å². The molecular weight excluding hydrogens is 224 g/mol. The molecule has 0 spiro atoms. The van der Waals surface area contributed by atoms with Crippen LogP contribution in [-0.2, 0) is 11.0 Å². The van der Waals surface area contributed by atoms with Crippen molar-refractivity contribution in [3.8, 4) is 0 Å². The van der Waals surface area contributed by atoms with E-state index in [0.29, 0.717) is 12.4 Å². The highest BCUT2D eigenvalue weighted by Crippen LogP contribution is 2.32. The van der Waals surface area contributed by atoms with Crippen molar-refractivity contribution in [1.82, 2.24) is 0 Å². The van der Waals surface area contributed by atoms with Crippen molar-refractivity contribution in [3.63, 3.8) is 0 Å². The van der Waals surface area contributed by atoms with Crippen LogP contribution < -0.4 is 0 Å². The van der Waals surface area contributed by atoms with E-state index in [9.17, 15) is 22.4 Å². The molecule has 1 aromatic rings. The lowest BCUT2D eigenvalue weighted by atomic mass is 10.1. The van der Waals surface area contributed by atoms with Gasteiger partial charge < -0.3 is 4.79 Å². The van der Waals surface area contributed by atoms with Crippen molar-refractivity contribution in [2.24, 2.45) is 0 Å². The Morgan fingerprint density at radius 2 is 1.94 bits per heavy atom. The number of benzene rings is 1. The normalized spacial score (nSPS) is 12.0. The van der Waals surface area contributed by atoms with Crippen LogP contribution in [0.25, 0.3) is 6.08 Å². The SMILES string of the molecule is O=CCC=Cc1cccc(C(F)(F)F)c1F. The Balaban J connectivity index is 3.09. The van der Waals surface area contributed by atoms with Crippen molar-refractivity contribution in [2.45, 2.75) is 12.6 Å². The minimum absolute atomic E-state index is 0.0374. The van der Waals surface area contributed by atoms with Gasteiger partial charge in [-0.2, -0.15) is 13.2 Å². The van der Waals surface area contributed by atoms with Crippen LogP contribution in [0.5, 0.6) is 0 Å². The Bertz CT molecular complexity index is 407. The van der Waals surface area contributed by atoms with Gasteiger partial charge in [-0.3, -0.25) is 0 Å². The fourth-order valence-electron chi connectivity index (χ4n) is 1.15. The van der Waals surface area contributed by atoms with Gasteiger partial charge >= 0.3 is 6.18 Å². The summed E-state index contributed by atoms with van der Waals surface area (Å²) in [5.74, 6) is -1.32. The van der Waals surface area contributed by atoms with E-state index in [1.54, 1.807) is 0 Å². The van der Waals surface area contributed by atoms with Crippen molar-refractivity contribution >= 4 is 12.4 Å². The topological polar surface area (TPSA) is 17.1 Å². The van der Waals surface area contributed by atoms with E-state index in [1.807, 2.05) is 0 Å². The molecule has 1 nitrogen and oxygen atoms in total. The Kier molecular flexibility index (Phi) is 3.82. The summed E-state index contributed by atoms with van der Waals surface area (Å²) >= 11 is 0. The van der Waals surface area contributed by atoms with E-state index in [2.05, 4.69) is 0 Å². The van der Waals surface area contributed by atoms with E-state index < -0.39 is 17.6 Å². The van der Waals surface area contributed by atoms with E-state index >= 15 is 0 Å². The largest absolute Gasteiger partial charge is 0.419 e. The molecule has 1 aromatic carbocycles. The number of hydrogen-bond acceptors (Lipinski definition) is 1. The molecule has 0 fully saturated rings. The summed E-state index contributed by atoms with van der Waals surface area (Å²) in [6, 6.07) is 3.00.